The smallest absolute Gasteiger partial charge is 0.153 e. The average Bonchev–Trinajstić information content (AvgIpc) is 2.94. The fourth-order valence-corrected chi connectivity index (χ4v) is 1.93. The van der Waals surface area contributed by atoms with Crippen LogP contribution in [-0.2, 0) is 6.54 Å². The molecule has 0 unspecified atom stereocenters. The van der Waals surface area contributed by atoms with Crippen LogP contribution in [0.25, 0.3) is 5.70 Å². The second-order valence-electron chi connectivity index (χ2n) is 4.02. The summed E-state index contributed by atoms with van der Waals surface area (Å²) in [6.45, 7) is 2.90. The van der Waals surface area contributed by atoms with E-state index in [1.54, 1.807) is 21.1 Å². The number of aryl methyl sites for hydroxylation is 1. The van der Waals surface area contributed by atoms with E-state index in [1.165, 1.54) is 0 Å². The third-order valence-corrected chi connectivity index (χ3v) is 2.96. The molecule has 19 heavy (non-hydrogen) atoms. The molecule has 0 saturated carbocycles. The summed E-state index contributed by atoms with van der Waals surface area (Å²) in [6.07, 6.45) is 5.79. The van der Waals surface area contributed by atoms with E-state index in [0.29, 0.717) is 0 Å². The lowest BCUT2D eigenvalue weighted by Gasteiger charge is -2.19. The van der Waals surface area contributed by atoms with Crippen molar-refractivity contribution in [2.45, 2.75) is 13.5 Å². The van der Waals surface area contributed by atoms with Crippen LogP contribution in [0.3, 0.4) is 0 Å². The minimum atomic E-state index is 0.727. The summed E-state index contributed by atoms with van der Waals surface area (Å²) < 4.78 is 1.88. The Labute approximate surface area is 112 Å². The molecular formula is C13H18N6. The Kier molecular flexibility index (Phi) is 3.89. The van der Waals surface area contributed by atoms with E-state index < -0.39 is 0 Å². The molecular weight excluding hydrogens is 240 g/mol. The first-order valence-corrected chi connectivity index (χ1v) is 6.16. The Bertz CT molecular complexity index is 588. The van der Waals surface area contributed by atoms with Crippen LogP contribution in [0, 0.1) is 0 Å². The molecule has 1 aliphatic heterocycles. The van der Waals surface area contributed by atoms with Gasteiger partial charge in [0.25, 0.3) is 0 Å². The van der Waals surface area contributed by atoms with Gasteiger partial charge in [-0.2, -0.15) is 5.10 Å². The Morgan fingerprint density at radius 2 is 2.00 bits per heavy atom. The molecule has 6 heteroatoms. The summed E-state index contributed by atoms with van der Waals surface area (Å²) in [5.74, 6) is 0.727. The number of amidine groups is 1. The monoisotopic (exact) mass is 258 g/mol. The number of hydrogen-bond acceptors (Lipinski definition) is 4. The van der Waals surface area contributed by atoms with Crippen molar-refractivity contribution >= 4 is 23.0 Å². The number of aromatic nitrogens is 2. The normalized spacial score (nSPS) is 21.9. The van der Waals surface area contributed by atoms with Crippen LogP contribution in [0.5, 0.6) is 0 Å². The van der Waals surface area contributed by atoms with Crippen molar-refractivity contribution in [3.8, 4) is 0 Å². The van der Waals surface area contributed by atoms with Gasteiger partial charge >= 0.3 is 0 Å². The molecule has 0 fully saturated rings. The Morgan fingerprint density at radius 3 is 2.53 bits per heavy atom. The summed E-state index contributed by atoms with van der Waals surface area (Å²) >= 11 is 0. The number of aliphatic imine (C=N–C) groups is 3. The molecule has 6 nitrogen and oxygen atoms in total. The van der Waals surface area contributed by atoms with E-state index in [2.05, 4.69) is 32.3 Å². The van der Waals surface area contributed by atoms with Crippen molar-refractivity contribution in [3.63, 3.8) is 0 Å². The van der Waals surface area contributed by atoms with Gasteiger partial charge in [0, 0.05) is 39.4 Å². The van der Waals surface area contributed by atoms with Crippen molar-refractivity contribution in [2.75, 3.05) is 21.1 Å². The fourth-order valence-electron chi connectivity index (χ4n) is 1.93. The molecule has 0 aliphatic carbocycles. The maximum absolute atomic E-state index is 4.28. The van der Waals surface area contributed by atoms with E-state index in [0.717, 1.165) is 35.1 Å². The lowest BCUT2D eigenvalue weighted by atomic mass is 10.1. The van der Waals surface area contributed by atoms with E-state index in [-0.39, 0.29) is 0 Å². The van der Waals surface area contributed by atoms with Gasteiger partial charge in [0.05, 0.1) is 17.6 Å². The van der Waals surface area contributed by atoms with E-state index in [9.17, 15) is 0 Å². The van der Waals surface area contributed by atoms with E-state index in [1.807, 2.05) is 23.2 Å². The Morgan fingerprint density at radius 1 is 1.21 bits per heavy atom. The highest BCUT2D eigenvalue weighted by Crippen LogP contribution is 2.15. The fraction of sp³-hybridized carbons (Fsp3) is 0.385. The molecule has 0 spiro atoms. The van der Waals surface area contributed by atoms with Crippen molar-refractivity contribution in [3.05, 3.63) is 24.0 Å². The van der Waals surface area contributed by atoms with Crippen LogP contribution in [-0.4, -0.2) is 48.2 Å². The van der Waals surface area contributed by atoms with Crippen LogP contribution in [0.1, 0.15) is 12.5 Å². The zero-order valence-corrected chi connectivity index (χ0v) is 11.7. The van der Waals surface area contributed by atoms with Gasteiger partial charge in [-0.3, -0.25) is 19.7 Å². The summed E-state index contributed by atoms with van der Waals surface area (Å²) in [5, 5.41) is 7.54. The maximum atomic E-state index is 4.28. The quantitative estimate of drug-likeness (QED) is 0.860. The maximum Gasteiger partial charge on any atom is 0.153 e. The molecule has 2 rings (SSSR count). The highest BCUT2D eigenvalue weighted by atomic mass is 15.3. The number of hydrogen-bond donors (Lipinski definition) is 1. The zero-order chi connectivity index (χ0) is 13.8. The molecule has 0 saturated heterocycles. The zero-order valence-electron chi connectivity index (χ0n) is 11.7. The summed E-state index contributed by atoms with van der Waals surface area (Å²) in [5.41, 5.74) is 3.55. The number of rotatable bonds is 2. The molecule has 0 amide bonds. The predicted octanol–water partition coefficient (Wildman–Crippen LogP) is 1.02. The largest absolute Gasteiger partial charge is 0.338 e. The second-order valence-corrected chi connectivity index (χ2v) is 4.02. The number of nitrogens with one attached hydrogen (secondary N) is 1. The minimum Gasteiger partial charge on any atom is -0.338 e. The predicted molar refractivity (Wildman–Crippen MR) is 79.1 cm³/mol. The van der Waals surface area contributed by atoms with Gasteiger partial charge in [-0.15, -0.1) is 0 Å². The third kappa shape index (κ3) is 2.47. The first kappa shape index (κ1) is 13.2. The van der Waals surface area contributed by atoms with Gasteiger partial charge in [0.15, 0.2) is 5.84 Å². The molecule has 100 valence electrons. The molecule has 0 radical (unpaired) electrons. The molecule has 0 aromatic carbocycles. The van der Waals surface area contributed by atoms with Gasteiger partial charge in [0.1, 0.15) is 5.71 Å². The van der Waals surface area contributed by atoms with Crippen LogP contribution >= 0.6 is 0 Å². The number of nitrogens with zero attached hydrogens (tertiary/aromatic N) is 5. The van der Waals surface area contributed by atoms with E-state index >= 15 is 0 Å². The first-order valence-electron chi connectivity index (χ1n) is 6.16. The molecule has 2 heterocycles. The molecule has 0 atom stereocenters. The Hall–Kier alpha value is -2.24. The van der Waals surface area contributed by atoms with Crippen molar-refractivity contribution in [2.24, 2.45) is 15.0 Å². The number of allylic oxidation sites excluding steroid dienone is 1. The third-order valence-electron chi connectivity index (χ3n) is 2.96. The van der Waals surface area contributed by atoms with E-state index in [4.69, 9.17) is 0 Å². The first-order chi connectivity index (χ1) is 9.23. The summed E-state index contributed by atoms with van der Waals surface area (Å²) in [6, 6.07) is 0. The molecule has 1 aliphatic rings. The molecule has 1 aromatic heterocycles. The van der Waals surface area contributed by atoms with Crippen molar-refractivity contribution < 1.29 is 0 Å². The van der Waals surface area contributed by atoms with Crippen LogP contribution in [0.15, 0.2) is 33.4 Å². The molecule has 0 bridgehead atoms. The topological polar surface area (TPSA) is 66.9 Å². The van der Waals surface area contributed by atoms with Crippen molar-refractivity contribution in [1.82, 2.24) is 15.1 Å². The van der Waals surface area contributed by atoms with Crippen LogP contribution in [0.4, 0.5) is 0 Å². The summed E-state index contributed by atoms with van der Waals surface area (Å²) in [4.78, 5) is 12.7. The SMILES string of the molecule is CCn1cc(C2=CC(=NC)C(=NC)C(=NC)N2)cn1. The highest BCUT2D eigenvalue weighted by Gasteiger charge is 2.21. The van der Waals surface area contributed by atoms with Gasteiger partial charge < -0.3 is 5.32 Å². The lowest BCUT2D eigenvalue weighted by molar-refractivity contribution is 0.659. The van der Waals surface area contributed by atoms with Crippen LogP contribution < -0.4 is 5.32 Å². The van der Waals surface area contributed by atoms with Crippen LogP contribution in [0.2, 0.25) is 0 Å². The van der Waals surface area contributed by atoms with Gasteiger partial charge in [-0.1, -0.05) is 0 Å². The van der Waals surface area contributed by atoms with Crippen molar-refractivity contribution in [1.29, 1.82) is 0 Å². The highest BCUT2D eigenvalue weighted by molar-refractivity contribution is 6.72. The summed E-state index contributed by atoms with van der Waals surface area (Å²) in [7, 11) is 5.23. The molecule has 1 N–H and O–H groups in total. The second kappa shape index (κ2) is 5.60. The van der Waals surface area contributed by atoms with Gasteiger partial charge in [-0.05, 0) is 13.0 Å². The van der Waals surface area contributed by atoms with Gasteiger partial charge in [-0.25, -0.2) is 0 Å². The molecule has 1 aromatic rings. The average molecular weight is 258 g/mol. The Balaban J connectivity index is 2.45. The standard InChI is InChI=1S/C13H18N6/c1-5-19-8-9(7-17-19)10-6-11(14-2)12(15-3)13(16-4)18-10/h6-8H,5H2,1-4H3,(H,16,18). The lowest BCUT2D eigenvalue weighted by Crippen LogP contribution is -2.39. The minimum absolute atomic E-state index is 0.727. The van der Waals surface area contributed by atoms with Gasteiger partial charge in [0.2, 0.25) is 0 Å².